The van der Waals surface area contributed by atoms with Gasteiger partial charge in [-0.15, -0.1) is 0 Å². The summed E-state index contributed by atoms with van der Waals surface area (Å²) >= 11 is 0. The molecule has 0 bridgehead atoms. The van der Waals surface area contributed by atoms with Crippen molar-refractivity contribution in [1.29, 1.82) is 5.26 Å². The number of para-hydroxylation sites is 1. The number of hydrogen-bond donors (Lipinski definition) is 2. The first-order chi connectivity index (χ1) is 15.9. The number of benzene rings is 2. The maximum absolute atomic E-state index is 13.0. The molecule has 1 saturated heterocycles. The van der Waals surface area contributed by atoms with Crippen LogP contribution in [-0.2, 0) is 14.8 Å². The number of amides is 2. The predicted octanol–water partition coefficient (Wildman–Crippen LogP) is 1.40. The van der Waals surface area contributed by atoms with Crippen molar-refractivity contribution in [2.75, 3.05) is 38.0 Å². The van der Waals surface area contributed by atoms with Gasteiger partial charge >= 0.3 is 0 Å². The second-order valence-electron chi connectivity index (χ2n) is 8.13. The van der Waals surface area contributed by atoms with E-state index in [-0.39, 0.29) is 47.9 Å². The number of nitrogens with one attached hydrogen (secondary N) is 2. The zero-order valence-electron chi connectivity index (χ0n) is 18.0. The molecule has 0 atom stereocenters. The highest BCUT2D eigenvalue weighted by Crippen LogP contribution is 2.23. The summed E-state index contributed by atoms with van der Waals surface area (Å²) in [4.78, 5) is 26.9. The van der Waals surface area contributed by atoms with Gasteiger partial charge in [0.1, 0.15) is 6.07 Å². The summed E-state index contributed by atoms with van der Waals surface area (Å²) in [6.45, 7) is 1.28. The third-order valence-electron chi connectivity index (χ3n) is 5.68. The molecule has 9 nitrogen and oxygen atoms in total. The van der Waals surface area contributed by atoms with Gasteiger partial charge in [-0.3, -0.25) is 14.5 Å². The van der Waals surface area contributed by atoms with E-state index in [1.165, 1.54) is 16.4 Å². The van der Waals surface area contributed by atoms with Crippen LogP contribution in [0.1, 0.15) is 28.8 Å². The molecule has 0 radical (unpaired) electrons. The molecule has 1 aliphatic carbocycles. The molecule has 2 aliphatic rings. The molecule has 2 aromatic rings. The van der Waals surface area contributed by atoms with E-state index >= 15 is 0 Å². The van der Waals surface area contributed by atoms with E-state index in [2.05, 4.69) is 10.6 Å². The Balaban J connectivity index is 1.34. The largest absolute Gasteiger partial charge is 0.349 e. The average Bonchev–Trinajstić information content (AvgIpc) is 3.63. The molecule has 0 aromatic heterocycles. The molecule has 4 rings (SSSR count). The Morgan fingerprint density at radius 2 is 1.67 bits per heavy atom. The number of nitriles is 1. The minimum atomic E-state index is -3.79. The Hall–Kier alpha value is -3.26. The van der Waals surface area contributed by atoms with Gasteiger partial charge < -0.3 is 10.6 Å². The molecular weight excluding hydrogens is 442 g/mol. The first-order valence-electron chi connectivity index (χ1n) is 10.8. The quantitative estimate of drug-likeness (QED) is 0.635. The highest BCUT2D eigenvalue weighted by molar-refractivity contribution is 7.89. The van der Waals surface area contributed by atoms with Crippen molar-refractivity contribution < 1.29 is 18.0 Å². The van der Waals surface area contributed by atoms with Crippen LogP contribution in [0.4, 0.5) is 5.69 Å². The van der Waals surface area contributed by atoms with Gasteiger partial charge in [0.15, 0.2) is 0 Å². The maximum Gasteiger partial charge on any atom is 0.253 e. The van der Waals surface area contributed by atoms with Crippen molar-refractivity contribution in [3.05, 3.63) is 59.7 Å². The van der Waals surface area contributed by atoms with Crippen molar-refractivity contribution in [3.8, 4) is 6.07 Å². The smallest absolute Gasteiger partial charge is 0.253 e. The third kappa shape index (κ3) is 5.39. The Kier molecular flexibility index (Phi) is 6.74. The van der Waals surface area contributed by atoms with Crippen LogP contribution < -0.4 is 10.6 Å². The highest BCUT2D eigenvalue weighted by atomic mass is 32.2. The minimum Gasteiger partial charge on any atom is -0.349 e. The van der Waals surface area contributed by atoms with E-state index in [0.717, 1.165) is 12.8 Å². The van der Waals surface area contributed by atoms with Gasteiger partial charge in [0.05, 0.1) is 28.3 Å². The van der Waals surface area contributed by atoms with Crippen LogP contribution in [0.5, 0.6) is 0 Å². The summed E-state index contributed by atoms with van der Waals surface area (Å²) in [6.07, 6.45) is 1.95. The molecule has 0 spiro atoms. The molecule has 1 aliphatic heterocycles. The molecule has 2 N–H and O–H groups in total. The summed E-state index contributed by atoms with van der Waals surface area (Å²) < 4.78 is 27.3. The number of carbonyl (C=O) groups excluding carboxylic acids is 2. The number of anilines is 1. The zero-order valence-corrected chi connectivity index (χ0v) is 18.8. The average molecular weight is 468 g/mol. The third-order valence-corrected chi connectivity index (χ3v) is 7.64. The van der Waals surface area contributed by atoms with Gasteiger partial charge in [-0.2, -0.15) is 9.57 Å². The Bertz CT molecular complexity index is 1200. The number of nitrogens with zero attached hydrogens (tertiary/aromatic N) is 3. The number of carbonyl (C=O) groups is 2. The van der Waals surface area contributed by atoms with E-state index in [4.69, 9.17) is 0 Å². The second-order valence-corrected chi connectivity index (χ2v) is 10.0. The van der Waals surface area contributed by atoms with Gasteiger partial charge in [0, 0.05) is 32.2 Å². The first kappa shape index (κ1) is 22.9. The molecule has 2 fully saturated rings. The molecule has 0 unspecified atom stereocenters. The van der Waals surface area contributed by atoms with Crippen molar-refractivity contribution in [2.24, 2.45) is 0 Å². The second kappa shape index (κ2) is 9.70. The molecule has 1 heterocycles. The Labute approximate surface area is 193 Å². The standard InChI is InChI=1S/C23H25N5O4S/c24-15-17-5-1-4-8-21(17)33(31,32)28-13-11-27(12-14-28)16-22(29)26-20-7-3-2-6-19(20)23(30)25-18-9-10-18/h1-8,18H,9-14,16H2,(H,25,30)(H,26,29). The lowest BCUT2D eigenvalue weighted by Crippen LogP contribution is -2.50. The van der Waals surface area contributed by atoms with Crippen molar-refractivity contribution in [2.45, 2.75) is 23.8 Å². The fourth-order valence-corrected chi connectivity index (χ4v) is 5.29. The minimum absolute atomic E-state index is 0.000209. The van der Waals surface area contributed by atoms with Crippen molar-refractivity contribution >= 4 is 27.5 Å². The molecule has 172 valence electrons. The number of piperazine rings is 1. The summed E-state index contributed by atoms with van der Waals surface area (Å²) in [7, 11) is -3.79. The van der Waals surface area contributed by atoms with Crippen LogP contribution in [0, 0.1) is 11.3 Å². The maximum atomic E-state index is 13.0. The lowest BCUT2D eigenvalue weighted by molar-refractivity contribution is -0.117. The summed E-state index contributed by atoms with van der Waals surface area (Å²) in [5.41, 5.74) is 0.989. The predicted molar refractivity (Wildman–Crippen MR) is 122 cm³/mol. The van der Waals surface area contributed by atoms with Crippen LogP contribution in [0.15, 0.2) is 53.4 Å². The molecule has 10 heteroatoms. The van der Waals surface area contributed by atoms with Crippen LogP contribution in [0.3, 0.4) is 0 Å². The van der Waals surface area contributed by atoms with Crippen LogP contribution in [0.2, 0.25) is 0 Å². The zero-order chi connectivity index (χ0) is 23.4. The molecule has 2 amide bonds. The van der Waals surface area contributed by atoms with Crippen molar-refractivity contribution in [1.82, 2.24) is 14.5 Å². The lowest BCUT2D eigenvalue weighted by Gasteiger charge is -2.33. The van der Waals surface area contributed by atoms with Crippen LogP contribution in [0.25, 0.3) is 0 Å². The Morgan fingerprint density at radius 1 is 1.00 bits per heavy atom. The van der Waals surface area contributed by atoms with Crippen molar-refractivity contribution in [3.63, 3.8) is 0 Å². The lowest BCUT2D eigenvalue weighted by atomic mass is 10.1. The monoisotopic (exact) mass is 467 g/mol. The highest BCUT2D eigenvalue weighted by Gasteiger charge is 2.31. The van der Waals surface area contributed by atoms with E-state index in [9.17, 15) is 23.3 Å². The fourth-order valence-electron chi connectivity index (χ4n) is 3.72. The first-order valence-corrected chi connectivity index (χ1v) is 12.2. The topological polar surface area (TPSA) is 123 Å². The molecule has 1 saturated carbocycles. The number of rotatable bonds is 7. The number of hydrogen-bond acceptors (Lipinski definition) is 6. The molecule has 33 heavy (non-hydrogen) atoms. The van der Waals surface area contributed by atoms with Gasteiger partial charge in [-0.1, -0.05) is 24.3 Å². The summed E-state index contributed by atoms with van der Waals surface area (Å²) in [5.74, 6) is -0.474. The molecule has 2 aromatic carbocycles. The summed E-state index contributed by atoms with van der Waals surface area (Å²) in [6, 6.07) is 15.2. The fraction of sp³-hybridized carbons (Fsp3) is 0.348. The molecular formula is C23H25N5O4S. The van der Waals surface area contributed by atoms with E-state index < -0.39 is 10.0 Å². The van der Waals surface area contributed by atoms with Crippen LogP contribution >= 0.6 is 0 Å². The van der Waals surface area contributed by atoms with E-state index in [0.29, 0.717) is 24.3 Å². The summed E-state index contributed by atoms with van der Waals surface area (Å²) in [5, 5.41) is 15.0. The normalized spacial score (nSPS) is 17.2. The van der Waals surface area contributed by atoms with Gasteiger partial charge in [-0.25, -0.2) is 8.42 Å². The van der Waals surface area contributed by atoms with Gasteiger partial charge in [-0.05, 0) is 37.1 Å². The van der Waals surface area contributed by atoms with Crippen LogP contribution in [-0.4, -0.2) is 68.2 Å². The number of sulfonamides is 1. The van der Waals surface area contributed by atoms with Gasteiger partial charge in [0.2, 0.25) is 15.9 Å². The Morgan fingerprint density at radius 3 is 2.36 bits per heavy atom. The SMILES string of the molecule is N#Cc1ccccc1S(=O)(=O)N1CCN(CC(=O)Nc2ccccc2C(=O)NC2CC2)CC1. The van der Waals surface area contributed by atoms with Gasteiger partial charge in [0.25, 0.3) is 5.91 Å². The van der Waals surface area contributed by atoms with E-state index in [1.54, 1.807) is 36.4 Å². The van der Waals surface area contributed by atoms with E-state index in [1.807, 2.05) is 11.0 Å².